The smallest absolute Gasteiger partial charge is 0.231 e. The molecule has 142 valence electrons. The van der Waals surface area contributed by atoms with Gasteiger partial charge in [-0.3, -0.25) is 4.79 Å². The van der Waals surface area contributed by atoms with Crippen LogP contribution in [0.3, 0.4) is 0 Å². The van der Waals surface area contributed by atoms with Crippen molar-refractivity contribution in [2.24, 2.45) is 0 Å². The molecule has 8 heteroatoms. The number of anilines is 4. The van der Waals surface area contributed by atoms with E-state index in [4.69, 9.17) is 9.47 Å². The van der Waals surface area contributed by atoms with E-state index in [0.717, 1.165) is 22.7 Å². The first-order valence-electron chi connectivity index (χ1n) is 8.76. The molecule has 0 saturated heterocycles. The number of hydrogen-bond acceptors (Lipinski definition) is 7. The molecule has 3 N–H and O–H groups in total. The van der Waals surface area contributed by atoms with Gasteiger partial charge in [-0.2, -0.15) is 4.98 Å². The molecule has 0 spiro atoms. The van der Waals surface area contributed by atoms with Crippen molar-refractivity contribution in [2.75, 3.05) is 22.7 Å². The molecule has 1 amide bonds. The fraction of sp³-hybridized carbons (Fsp3) is 0.150. The van der Waals surface area contributed by atoms with Gasteiger partial charge in [0.25, 0.3) is 0 Å². The Bertz CT molecular complexity index is 1010. The molecule has 1 aliphatic rings. The Labute approximate surface area is 161 Å². The minimum atomic E-state index is -0.122. The van der Waals surface area contributed by atoms with Crippen LogP contribution >= 0.6 is 0 Å². The molecule has 0 radical (unpaired) electrons. The van der Waals surface area contributed by atoms with E-state index in [1.165, 1.54) is 6.92 Å². The number of hydrogen-bond donors (Lipinski definition) is 3. The van der Waals surface area contributed by atoms with Gasteiger partial charge in [-0.15, -0.1) is 0 Å². The zero-order valence-electron chi connectivity index (χ0n) is 15.2. The fourth-order valence-electron chi connectivity index (χ4n) is 2.77. The first kappa shape index (κ1) is 17.6. The molecule has 2 aromatic carbocycles. The molecule has 0 unspecified atom stereocenters. The standard InChI is InChI=1S/C20H19N5O3/c1-13(26)23-15-3-2-4-16(10-15)24-20-21-8-7-19(25-20)22-11-14-5-6-17-18(9-14)28-12-27-17/h2-10H,11-12H2,1H3,(H,23,26)(H2,21,22,24,25). The Balaban J connectivity index is 1.41. The molecule has 0 atom stereocenters. The highest BCUT2D eigenvalue weighted by Crippen LogP contribution is 2.32. The van der Waals surface area contributed by atoms with Crippen LogP contribution < -0.4 is 25.4 Å². The average molecular weight is 377 g/mol. The lowest BCUT2D eigenvalue weighted by molar-refractivity contribution is -0.114. The Kier molecular flexibility index (Phi) is 4.92. The van der Waals surface area contributed by atoms with E-state index < -0.39 is 0 Å². The Morgan fingerprint density at radius 1 is 1.07 bits per heavy atom. The Morgan fingerprint density at radius 3 is 2.82 bits per heavy atom. The van der Waals surface area contributed by atoms with Crippen molar-refractivity contribution >= 4 is 29.0 Å². The molecule has 0 fully saturated rings. The molecule has 0 saturated carbocycles. The molecule has 0 aliphatic carbocycles. The van der Waals surface area contributed by atoms with E-state index in [1.54, 1.807) is 12.3 Å². The average Bonchev–Trinajstić information content (AvgIpc) is 3.14. The predicted octanol–water partition coefficient (Wildman–Crippen LogP) is 3.52. The molecule has 8 nitrogen and oxygen atoms in total. The maximum atomic E-state index is 11.2. The summed E-state index contributed by atoms with van der Waals surface area (Å²) < 4.78 is 10.7. The second-order valence-electron chi connectivity index (χ2n) is 6.19. The third-order valence-electron chi connectivity index (χ3n) is 4.01. The second-order valence-corrected chi connectivity index (χ2v) is 6.19. The summed E-state index contributed by atoms with van der Waals surface area (Å²) in [6.45, 7) is 2.32. The number of nitrogens with one attached hydrogen (secondary N) is 3. The van der Waals surface area contributed by atoms with Crippen LogP contribution in [0.1, 0.15) is 12.5 Å². The number of carbonyl (C=O) groups is 1. The zero-order chi connectivity index (χ0) is 19.3. The van der Waals surface area contributed by atoms with Crippen LogP contribution in [0.25, 0.3) is 0 Å². The number of nitrogens with zero attached hydrogens (tertiary/aromatic N) is 2. The van der Waals surface area contributed by atoms with Crippen molar-refractivity contribution in [1.82, 2.24) is 9.97 Å². The van der Waals surface area contributed by atoms with Gasteiger partial charge >= 0.3 is 0 Å². The summed E-state index contributed by atoms with van der Waals surface area (Å²) in [5, 5.41) is 9.16. The number of carbonyl (C=O) groups excluding carboxylic acids is 1. The minimum Gasteiger partial charge on any atom is -0.454 e. The van der Waals surface area contributed by atoms with Crippen molar-refractivity contribution in [3.05, 3.63) is 60.3 Å². The zero-order valence-corrected chi connectivity index (χ0v) is 15.2. The summed E-state index contributed by atoms with van der Waals surface area (Å²) in [4.78, 5) is 19.9. The summed E-state index contributed by atoms with van der Waals surface area (Å²) in [6.07, 6.45) is 1.68. The number of fused-ring (bicyclic) bond motifs is 1. The lowest BCUT2D eigenvalue weighted by Crippen LogP contribution is -2.06. The van der Waals surface area contributed by atoms with Crippen LogP contribution in [0.4, 0.5) is 23.1 Å². The molecule has 1 aliphatic heterocycles. The monoisotopic (exact) mass is 377 g/mol. The highest BCUT2D eigenvalue weighted by Gasteiger charge is 2.13. The molecular weight excluding hydrogens is 358 g/mol. The number of rotatable bonds is 6. The highest BCUT2D eigenvalue weighted by atomic mass is 16.7. The summed E-state index contributed by atoms with van der Waals surface area (Å²) >= 11 is 0. The van der Waals surface area contributed by atoms with E-state index in [1.807, 2.05) is 42.5 Å². The van der Waals surface area contributed by atoms with Crippen LogP contribution in [0.2, 0.25) is 0 Å². The van der Waals surface area contributed by atoms with Crippen molar-refractivity contribution in [2.45, 2.75) is 13.5 Å². The van der Waals surface area contributed by atoms with E-state index in [9.17, 15) is 4.79 Å². The number of amides is 1. The maximum absolute atomic E-state index is 11.2. The lowest BCUT2D eigenvalue weighted by Gasteiger charge is -2.10. The Morgan fingerprint density at radius 2 is 1.93 bits per heavy atom. The van der Waals surface area contributed by atoms with E-state index in [0.29, 0.717) is 24.0 Å². The molecule has 28 heavy (non-hydrogen) atoms. The second kappa shape index (κ2) is 7.83. The summed E-state index contributed by atoms with van der Waals surface area (Å²) in [6, 6.07) is 15.0. The molecule has 3 aromatic rings. The van der Waals surface area contributed by atoms with Crippen molar-refractivity contribution in [1.29, 1.82) is 0 Å². The van der Waals surface area contributed by atoms with Gasteiger partial charge in [-0.25, -0.2) is 4.98 Å². The van der Waals surface area contributed by atoms with E-state index >= 15 is 0 Å². The topological polar surface area (TPSA) is 97.4 Å². The number of aromatic nitrogens is 2. The largest absolute Gasteiger partial charge is 0.454 e. The van der Waals surface area contributed by atoms with Crippen LogP contribution in [0.5, 0.6) is 11.5 Å². The minimum absolute atomic E-state index is 0.122. The van der Waals surface area contributed by atoms with Crippen LogP contribution in [0, 0.1) is 0 Å². The SMILES string of the molecule is CC(=O)Nc1cccc(Nc2nccc(NCc3ccc4c(c3)OCO4)n2)c1. The third-order valence-corrected chi connectivity index (χ3v) is 4.01. The first-order chi connectivity index (χ1) is 13.7. The van der Waals surface area contributed by atoms with Gasteiger partial charge in [0.15, 0.2) is 11.5 Å². The van der Waals surface area contributed by atoms with Gasteiger partial charge in [0.05, 0.1) is 0 Å². The van der Waals surface area contributed by atoms with E-state index in [2.05, 4.69) is 25.9 Å². The van der Waals surface area contributed by atoms with Crippen LogP contribution in [-0.2, 0) is 11.3 Å². The summed E-state index contributed by atoms with van der Waals surface area (Å²) in [5.41, 5.74) is 2.54. The van der Waals surface area contributed by atoms with Crippen molar-refractivity contribution in [3.63, 3.8) is 0 Å². The van der Waals surface area contributed by atoms with Gasteiger partial charge in [-0.05, 0) is 42.0 Å². The number of benzene rings is 2. The highest BCUT2D eigenvalue weighted by molar-refractivity contribution is 5.89. The molecular formula is C20H19N5O3. The third kappa shape index (κ3) is 4.29. The Hall–Kier alpha value is -3.81. The normalized spacial score (nSPS) is 11.8. The summed E-state index contributed by atoms with van der Waals surface area (Å²) in [7, 11) is 0. The maximum Gasteiger partial charge on any atom is 0.231 e. The van der Waals surface area contributed by atoms with Crippen molar-refractivity contribution < 1.29 is 14.3 Å². The molecule has 0 bridgehead atoms. The quantitative estimate of drug-likeness (QED) is 0.605. The molecule has 1 aromatic heterocycles. The van der Waals surface area contributed by atoms with Crippen LogP contribution in [-0.4, -0.2) is 22.7 Å². The van der Waals surface area contributed by atoms with Crippen LogP contribution in [0.15, 0.2) is 54.7 Å². The first-order valence-corrected chi connectivity index (χ1v) is 8.76. The van der Waals surface area contributed by atoms with E-state index in [-0.39, 0.29) is 12.7 Å². The predicted molar refractivity (Wildman–Crippen MR) is 106 cm³/mol. The van der Waals surface area contributed by atoms with Crippen molar-refractivity contribution in [3.8, 4) is 11.5 Å². The van der Waals surface area contributed by atoms with Gasteiger partial charge in [0, 0.05) is 31.0 Å². The van der Waals surface area contributed by atoms with Gasteiger partial charge < -0.3 is 25.4 Å². The number of ether oxygens (including phenoxy) is 2. The molecule has 2 heterocycles. The lowest BCUT2D eigenvalue weighted by atomic mass is 10.2. The van der Waals surface area contributed by atoms with Gasteiger partial charge in [-0.1, -0.05) is 12.1 Å². The van der Waals surface area contributed by atoms with Gasteiger partial charge in [0.1, 0.15) is 5.82 Å². The molecule has 4 rings (SSSR count). The summed E-state index contributed by atoms with van der Waals surface area (Å²) in [5.74, 6) is 2.54. The fourth-order valence-corrected chi connectivity index (χ4v) is 2.77. The van der Waals surface area contributed by atoms with Gasteiger partial charge in [0.2, 0.25) is 18.6 Å².